The van der Waals surface area contributed by atoms with Gasteiger partial charge >= 0.3 is 0 Å². The quantitative estimate of drug-likeness (QED) is 0.761. The van der Waals surface area contributed by atoms with Gasteiger partial charge in [0.25, 0.3) is 0 Å². The second kappa shape index (κ2) is 5.49. The monoisotopic (exact) mass is 349 g/mol. The van der Waals surface area contributed by atoms with E-state index in [1.54, 1.807) is 7.11 Å². The molecule has 2 aliphatic rings. The zero-order chi connectivity index (χ0) is 17.7. The Morgan fingerprint density at radius 2 is 2.23 bits per heavy atom. The number of hydrogen-bond donors (Lipinski definition) is 2. The molecule has 0 bridgehead atoms. The van der Waals surface area contributed by atoms with Crippen LogP contribution in [0.1, 0.15) is 18.4 Å². The Morgan fingerprint density at radius 3 is 3.12 bits per heavy atom. The minimum Gasteiger partial charge on any atom is -0.497 e. The maximum Gasteiger partial charge on any atom is 0.229 e. The minimum atomic E-state index is -0.0945. The average Bonchev–Trinajstić information content (AvgIpc) is 3.26. The highest BCUT2D eigenvalue weighted by atomic mass is 16.5. The van der Waals surface area contributed by atoms with Crippen LogP contribution >= 0.6 is 0 Å². The highest BCUT2D eigenvalue weighted by molar-refractivity contribution is 6.02. The van der Waals surface area contributed by atoms with Crippen molar-refractivity contribution in [2.24, 2.45) is 5.92 Å². The summed E-state index contributed by atoms with van der Waals surface area (Å²) in [4.78, 5) is 12.9. The molecule has 1 spiro atoms. The van der Waals surface area contributed by atoms with E-state index >= 15 is 0 Å². The fourth-order valence-corrected chi connectivity index (χ4v) is 4.12. The van der Waals surface area contributed by atoms with Gasteiger partial charge in [-0.15, -0.1) is 0 Å². The van der Waals surface area contributed by atoms with Crippen LogP contribution in [0.2, 0.25) is 0 Å². The van der Waals surface area contributed by atoms with Crippen LogP contribution in [0.25, 0.3) is 10.9 Å². The number of carbonyl (C=O) groups is 1. The largest absolute Gasteiger partial charge is 0.497 e. The maximum atomic E-state index is 12.9. The molecule has 2 atom stereocenters. The summed E-state index contributed by atoms with van der Waals surface area (Å²) in [6.45, 7) is 0.656. The van der Waals surface area contributed by atoms with Crippen LogP contribution in [-0.4, -0.2) is 29.8 Å². The van der Waals surface area contributed by atoms with Crippen LogP contribution in [0.3, 0.4) is 0 Å². The number of ether oxygens (including phenoxy) is 2. The summed E-state index contributed by atoms with van der Waals surface area (Å²) in [5.41, 5.74) is 1.92. The summed E-state index contributed by atoms with van der Waals surface area (Å²) in [5, 5.41) is 11.1. The van der Waals surface area contributed by atoms with Crippen molar-refractivity contribution in [3.05, 3.63) is 48.0 Å². The van der Waals surface area contributed by atoms with Gasteiger partial charge in [-0.2, -0.15) is 5.10 Å². The first-order chi connectivity index (χ1) is 12.7. The molecular formula is C20H19N3O3. The van der Waals surface area contributed by atoms with E-state index in [1.807, 2.05) is 36.4 Å². The van der Waals surface area contributed by atoms with Gasteiger partial charge in [0.2, 0.25) is 5.91 Å². The van der Waals surface area contributed by atoms with E-state index in [9.17, 15) is 4.79 Å². The van der Waals surface area contributed by atoms with E-state index in [0.717, 1.165) is 40.8 Å². The number of anilines is 1. The Balaban J connectivity index is 1.42. The van der Waals surface area contributed by atoms with Crippen molar-refractivity contribution in [2.75, 3.05) is 19.0 Å². The lowest BCUT2D eigenvalue weighted by Gasteiger charge is -2.26. The topological polar surface area (TPSA) is 76.2 Å². The zero-order valence-corrected chi connectivity index (χ0v) is 14.4. The standard InChI is InChI=1S/C20H19N3O3/c1-25-12-6-7-16-13(10-12)18(23-22-16)21-19(24)15-11-20(15)8-9-26-17-5-3-2-4-14(17)20/h2-7,10,15H,8-9,11H2,1H3,(H2,21,22,23,24). The number of nitrogens with zero attached hydrogens (tertiary/aromatic N) is 1. The molecule has 1 aromatic heterocycles. The molecule has 1 aliphatic carbocycles. The van der Waals surface area contributed by atoms with Crippen LogP contribution < -0.4 is 14.8 Å². The second-order valence-electron chi connectivity index (χ2n) is 6.98. The Kier molecular flexibility index (Phi) is 3.22. The van der Waals surface area contributed by atoms with Crippen LogP contribution in [0, 0.1) is 5.92 Å². The molecule has 2 unspecified atom stereocenters. The van der Waals surface area contributed by atoms with Crippen molar-refractivity contribution in [1.29, 1.82) is 0 Å². The third kappa shape index (κ3) is 2.18. The first-order valence-corrected chi connectivity index (χ1v) is 8.76. The average molecular weight is 349 g/mol. The summed E-state index contributed by atoms with van der Waals surface area (Å²) in [6.07, 6.45) is 1.72. The first-order valence-electron chi connectivity index (χ1n) is 8.76. The maximum absolute atomic E-state index is 12.9. The molecule has 1 saturated carbocycles. The van der Waals surface area contributed by atoms with E-state index in [4.69, 9.17) is 9.47 Å². The number of H-pyrrole nitrogens is 1. The Bertz CT molecular complexity index is 1010. The van der Waals surface area contributed by atoms with Gasteiger partial charge in [-0.3, -0.25) is 9.89 Å². The lowest BCUT2D eigenvalue weighted by Crippen LogP contribution is -2.26. The lowest BCUT2D eigenvalue weighted by molar-refractivity contribution is -0.117. The van der Waals surface area contributed by atoms with Gasteiger partial charge < -0.3 is 14.8 Å². The van der Waals surface area contributed by atoms with Crippen LogP contribution in [0.5, 0.6) is 11.5 Å². The number of hydrogen-bond acceptors (Lipinski definition) is 4. The van der Waals surface area contributed by atoms with Crippen LogP contribution in [0.15, 0.2) is 42.5 Å². The number of para-hydroxylation sites is 1. The van der Waals surface area contributed by atoms with Gasteiger partial charge in [-0.25, -0.2) is 0 Å². The molecule has 2 heterocycles. The number of rotatable bonds is 3. The predicted molar refractivity (Wildman–Crippen MR) is 97.6 cm³/mol. The van der Waals surface area contributed by atoms with Crippen molar-refractivity contribution >= 4 is 22.6 Å². The molecule has 26 heavy (non-hydrogen) atoms. The summed E-state index contributed by atoms with van der Waals surface area (Å²) in [5.74, 6) is 2.15. The van der Waals surface area contributed by atoms with E-state index in [-0.39, 0.29) is 17.2 Å². The molecule has 5 rings (SSSR count). The summed E-state index contributed by atoms with van der Waals surface area (Å²) >= 11 is 0. The predicted octanol–water partition coefficient (Wildman–Crippen LogP) is 3.25. The van der Waals surface area contributed by atoms with Gasteiger partial charge in [0, 0.05) is 22.3 Å². The van der Waals surface area contributed by atoms with Crippen LogP contribution in [-0.2, 0) is 10.2 Å². The lowest BCUT2D eigenvalue weighted by atomic mass is 9.87. The third-order valence-electron chi connectivity index (χ3n) is 5.63. The molecule has 0 radical (unpaired) electrons. The van der Waals surface area contributed by atoms with Gasteiger partial charge in [0.15, 0.2) is 5.82 Å². The van der Waals surface area contributed by atoms with Crippen molar-refractivity contribution in [3.8, 4) is 11.5 Å². The van der Waals surface area contributed by atoms with Gasteiger partial charge in [0.1, 0.15) is 11.5 Å². The summed E-state index contributed by atoms with van der Waals surface area (Å²) in [6, 6.07) is 13.7. The molecule has 1 aliphatic heterocycles. The molecular weight excluding hydrogens is 330 g/mol. The van der Waals surface area contributed by atoms with Crippen molar-refractivity contribution < 1.29 is 14.3 Å². The number of amides is 1. The molecule has 132 valence electrons. The minimum absolute atomic E-state index is 0.0120. The molecule has 0 saturated heterocycles. The van der Waals surface area contributed by atoms with E-state index in [2.05, 4.69) is 21.6 Å². The fourth-order valence-electron chi connectivity index (χ4n) is 4.12. The van der Waals surface area contributed by atoms with Crippen LogP contribution in [0.4, 0.5) is 5.82 Å². The van der Waals surface area contributed by atoms with Gasteiger partial charge in [-0.05, 0) is 37.1 Å². The van der Waals surface area contributed by atoms with Gasteiger partial charge in [0.05, 0.1) is 19.2 Å². The first kappa shape index (κ1) is 15.3. The number of nitrogens with one attached hydrogen (secondary N) is 2. The highest BCUT2D eigenvalue weighted by Gasteiger charge is 2.61. The summed E-state index contributed by atoms with van der Waals surface area (Å²) < 4.78 is 11.0. The highest BCUT2D eigenvalue weighted by Crippen LogP contribution is 2.60. The van der Waals surface area contributed by atoms with Crippen molar-refractivity contribution in [3.63, 3.8) is 0 Å². The van der Waals surface area contributed by atoms with Gasteiger partial charge in [-0.1, -0.05) is 18.2 Å². The molecule has 6 heteroatoms. The fraction of sp³-hybridized carbons (Fsp3) is 0.300. The van der Waals surface area contributed by atoms with E-state index in [0.29, 0.717) is 12.4 Å². The Hall–Kier alpha value is -3.02. The van der Waals surface area contributed by atoms with E-state index in [1.165, 1.54) is 0 Å². The molecule has 2 N–H and O–H groups in total. The number of fused-ring (bicyclic) bond motifs is 3. The zero-order valence-electron chi connectivity index (χ0n) is 14.4. The summed E-state index contributed by atoms with van der Waals surface area (Å²) in [7, 11) is 1.62. The van der Waals surface area contributed by atoms with E-state index < -0.39 is 0 Å². The number of methoxy groups -OCH3 is 1. The number of carbonyl (C=O) groups excluding carboxylic acids is 1. The third-order valence-corrected chi connectivity index (χ3v) is 5.63. The molecule has 6 nitrogen and oxygen atoms in total. The molecule has 1 fully saturated rings. The number of aromatic amines is 1. The normalized spacial score (nSPS) is 23.3. The second-order valence-corrected chi connectivity index (χ2v) is 6.98. The molecule has 1 amide bonds. The Labute approximate surface area is 150 Å². The Morgan fingerprint density at radius 1 is 1.35 bits per heavy atom. The SMILES string of the molecule is COc1ccc2[nH]nc(NC(=O)C3CC34CCOc3ccccc34)c2c1. The van der Waals surface area contributed by atoms with Crippen molar-refractivity contribution in [1.82, 2.24) is 10.2 Å². The van der Waals surface area contributed by atoms with Crippen molar-refractivity contribution in [2.45, 2.75) is 18.3 Å². The molecule has 3 aromatic rings. The smallest absolute Gasteiger partial charge is 0.229 e. The number of aromatic nitrogens is 2. The molecule has 2 aromatic carbocycles. The number of benzene rings is 2.